The van der Waals surface area contributed by atoms with E-state index in [0.717, 1.165) is 4.47 Å². The molecular formula is C17H13BrF2N2O. The van der Waals surface area contributed by atoms with Gasteiger partial charge in [0.25, 0.3) is 0 Å². The van der Waals surface area contributed by atoms with Crippen molar-refractivity contribution >= 4 is 27.5 Å². The average molecular weight is 379 g/mol. The number of anilines is 1. The Labute approximate surface area is 140 Å². The summed E-state index contributed by atoms with van der Waals surface area (Å²) in [5.74, 6) is -1.00. The third kappa shape index (κ3) is 2.05. The molecule has 2 aromatic carbocycles. The Kier molecular flexibility index (Phi) is 3.28. The van der Waals surface area contributed by atoms with Crippen molar-refractivity contribution in [2.45, 2.75) is 17.9 Å². The van der Waals surface area contributed by atoms with Crippen LogP contribution >= 0.6 is 15.9 Å². The van der Waals surface area contributed by atoms with Crippen molar-refractivity contribution in [1.82, 2.24) is 5.32 Å². The Morgan fingerprint density at radius 3 is 2.83 bits per heavy atom. The van der Waals surface area contributed by atoms with Gasteiger partial charge in [-0.25, -0.2) is 8.78 Å². The smallest absolute Gasteiger partial charge is 0.237 e. The topological polar surface area (TPSA) is 41.1 Å². The molecular weight excluding hydrogens is 366 g/mol. The summed E-state index contributed by atoms with van der Waals surface area (Å²) in [5, 5.41) is 6.03. The van der Waals surface area contributed by atoms with Crippen molar-refractivity contribution in [2.75, 3.05) is 11.9 Å². The molecule has 4 rings (SSSR count). The van der Waals surface area contributed by atoms with Crippen LogP contribution in [0, 0.1) is 11.6 Å². The van der Waals surface area contributed by atoms with Crippen molar-refractivity contribution in [2.24, 2.45) is 0 Å². The highest BCUT2D eigenvalue weighted by atomic mass is 79.9. The molecule has 1 saturated heterocycles. The SMILES string of the molecule is O=C1Nc2ccc(F)cc2[C@@]12CCN[C@H]2c1cc(Br)ccc1F. The number of fused-ring (bicyclic) bond motifs is 2. The molecule has 0 bridgehead atoms. The summed E-state index contributed by atoms with van der Waals surface area (Å²) in [6, 6.07) is 8.37. The highest BCUT2D eigenvalue weighted by molar-refractivity contribution is 9.10. The molecule has 0 unspecified atom stereocenters. The summed E-state index contributed by atoms with van der Waals surface area (Å²) in [7, 11) is 0. The molecule has 1 spiro atoms. The van der Waals surface area contributed by atoms with Gasteiger partial charge in [0.05, 0.1) is 11.5 Å². The number of amides is 1. The molecule has 23 heavy (non-hydrogen) atoms. The lowest BCUT2D eigenvalue weighted by atomic mass is 9.72. The molecule has 0 radical (unpaired) electrons. The van der Waals surface area contributed by atoms with Gasteiger partial charge in [0.15, 0.2) is 0 Å². The summed E-state index contributed by atoms with van der Waals surface area (Å²) >= 11 is 3.34. The zero-order chi connectivity index (χ0) is 16.2. The fourth-order valence-electron chi connectivity index (χ4n) is 3.73. The Morgan fingerprint density at radius 2 is 2.00 bits per heavy atom. The summed E-state index contributed by atoms with van der Waals surface area (Å²) in [6.07, 6.45) is 0.492. The molecule has 0 aliphatic carbocycles. The molecule has 0 saturated carbocycles. The standard InChI is InChI=1S/C17H13BrF2N2O/c18-9-1-3-13(20)11(7-9)15-17(5-6-21-15)12-8-10(19)2-4-14(12)22-16(17)23/h1-4,7-8,15,21H,5-6H2,(H,22,23)/t15-,17+/m0/s1. The Hall–Kier alpha value is -1.79. The lowest BCUT2D eigenvalue weighted by Gasteiger charge is -2.29. The second-order valence-electron chi connectivity index (χ2n) is 5.92. The molecule has 1 amide bonds. The maximum Gasteiger partial charge on any atom is 0.237 e. The molecule has 3 nitrogen and oxygen atoms in total. The lowest BCUT2D eigenvalue weighted by molar-refractivity contribution is -0.121. The predicted octanol–water partition coefficient (Wildman–Crippen LogP) is 3.65. The van der Waals surface area contributed by atoms with Crippen molar-refractivity contribution in [3.05, 3.63) is 63.6 Å². The van der Waals surface area contributed by atoms with E-state index >= 15 is 0 Å². The Balaban J connectivity index is 1.92. The van der Waals surface area contributed by atoms with Crippen LogP contribution in [0.3, 0.4) is 0 Å². The third-order valence-electron chi connectivity index (χ3n) is 4.75. The van der Waals surface area contributed by atoms with E-state index in [1.807, 2.05) is 0 Å². The van der Waals surface area contributed by atoms with Gasteiger partial charge in [-0.05, 0) is 54.9 Å². The second-order valence-corrected chi connectivity index (χ2v) is 6.83. The van der Waals surface area contributed by atoms with Crippen molar-refractivity contribution < 1.29 is 13.6 Å². The molecule has 0 aromatic heterocycles. The minimum Gasteiger partial charge on any atom is -0.325 e. The summed E-state index contributed by atoms with van der Waals surface area (Å²) in [5.41, 5.74) is 0.612. The van der Waals surface area contributed by atoms with E-state index in [4.69, 9.17) is 0 Å². The number of halogens is 3. The van der Waals surface area contributed by atoms with E-state index < -0.39 is 17.3 Å². The quantitative estimate of drug-likeness (QED) is 0.794. The monoisotopic (exact) mass is 378 g/mol. The highest BCUT2D eigenvalue weighted by Gasteiger charge is 2.56. The fourth-order valence-corrected chi connectivity index (χ4v) is 4.11. The molecule has 2 N–H and O–H groups in total. The first kappa shape index (κ1) is 14.8. The van der Waals surface area contributed by atoms with Gasteiger partial charge in [0.2, 0.25) is 5.91 Å². The number of nitrogens with one attached hydrogen (secondary N) is 2. The highest BCUT2D eigenvalue weighted by Crippen LogP contribution is 2.51. The summed E-state index contributed by atoms with van der Waals surface area (Å²) in [6.45, 7) is 0.556. The number of rotatable bonds is 1. The van der Waals surface area contributed by atoms with Crippen molar-refractivity contribution in [3.8, 4) is 0 Å². The van der Waals surface area contributed by atoms with Crippen LogP contribution in [0.4, 0.5) is 14.5 Å². The van der Waals surface area contributed by atoms with Crippen LogP contribution in [0.2, 0.25) is 0 Å². The minimum atomic E-state index is -0.987. The van der Waals surface area contributed by atoms with Gasteiger partial charge in [-0.1, -0.05) is 15.9 Å². The molecule has 2 aromatic rings. The van der Waals surface area contributed by atoms with E-state index in [0.29, 0.717) is 29.8 Å². The maximum absolute atomic E-state index is 14.4. The van der Waals surface area contributed by atoms with Gasteiger partial charge in [-0.3, -0.25) is 4.79 Å². The molecule has 118 valence electrons. The molecule has 2 aliphatic rings. The first-order valence-corrected chi connectivity index (χ1v) is 8.11. The third-order valence-corrected chi connectivity index (χ3v) is 5.24. The normalized spacial score (nSPS) is 25.7. The van der Waals surface area contributed by atoms with Crippen LogP contribution < -0.4 is 10.6 Å². The van der Waals surface area contributed by atoms with E-state index in [-0.39, 0.29) is 11.7 Å². The van der Waals surface area contributed by atoms with Crippen LogP contribution in [-0.2, 0) is 10.2 Å². The van der Waals surface area contributed by atoms with Gasteiger partial charge in [-0.2, -0.15) is 0 Å². The van der Waals surface area contributed by atoms with Crippen LogP contribution in [0.25, 0.3) is 0 Å². The number of hydrogen-bond acceptors (Lipinski definition) is 2. The Morgan fingerprint density at radius 1 is 1.17 bits per heavy atom. The van der Waals surface area contributed by atoms with E-state index in [2.05, 4.69) is 26.6 Å². The Bertz CT molecular complexity index is 826. The zero-order valence-electron chi connectivity index (χ0n) is 12.0. The van der Waals surface area contributed by atoms with Crippen LogP contribution in [0.15, 0.2) is 40.9 Å². The van der Waals surface area contributed by atoms with E-state index in [1.165, 1.54) is 18.2 Å². The van der Waals surface area contributed by atoms with Crippen LogP contribution in [0.1, 0.15) is 23.6 Å². The minimum absolute atomic E-state index is 0.215. The van der Waals surface area contributed by atoms with Crippen molar-refractivity contribution in [1.29, 1.82) is 0 Å². The average Bonchev–Trinajstić information content (AvgIpc) is 3.07. The number of benzene rings is 2. The van der Waals surface area contributed by atoms with Gasteiger partial charge >= 0.3 is 0 Å². The molecule has 2 atom stereocenters. The van der Waals surface area contributed by atoms with Gasteiger partial charge < -0.3 is 10.6 Å². The first-order chi connectivity index (χ1) is 11.0. The van der Waals surface area contributed by atoms with Gasteiger partial charge in [0.1, 0.15) is 11.6 Å². The molecule has 6 heteroatoms. The first-order valence-electron chi connectivity index (χ1n) is 7.32. The van der Waals surface area contributed by atoms with E-state index in [9.17, 15) is 13.6 Å². The zero-order valence-corrected chi connectivity index (χ0v) is 13.6. The predicted molar refractivity (Wildman–Crippen MR) is 86.2 cm³/mol. The molecule has 1 fully saturated rings. The van der Waals surface area contributed by atoms with Crippen LogP contribution in [0.5, 0.6) is 0 Å². The summed E-state index contributed by atoms with van der Waals surface area (Å²) in [4.78, 5) is 12.7. The van der Waals surface area contributed by atoms with Crippen LogP contribution in [-0.4, -0.2) is 12.5 Å². The second kappa shape index (κ2) is 5.11. The molecule has 2 heterocycles. The largest absolute Gasteiger partial charge is 0.325 e. The number of carbonyl (C=O) groups is 1. The lowest BCUT2D eigenvalue weighted by Crippen LogP contribution is -2.40. The number of hydrogen-bond donors (Lipinski definition) is 2. The van der Waals surface area contributed by atoms with Gasteiger partial charge in [-0.15, -0.1) is 0 Å². The maximum atomic E-state index is 14.4. The fraction of sp³-hybridized carbons (Fsp3) is 0.235. The van der Waals surface area contributed by atoms with Crippen molar-refractivity contribution in [3.63, 3.8) is 0 Å². The van der Waals surface area contributed by atoms with Gasteiger partial charge in [0, 0.05) is 15.7 Å². The van der Waals surface area contributed by atoms with E-state index in [1.54, 1.807) is 18.2 Å². The number of carbonyl (C=O) groups excluding carboxylic acids is 1. The summed E-state index contributed by atoms with van der Waals surface area (Å²) < 4.78 is 28.9. The molecule has 2 aliphatic heterocycles.